The van der Waals surface area contributed by atoms with Gasteiger partial charge in [0.1, 0.15) is 0 Å². The highest BCUT2D eigenvalue weighted by atomic mass is 16.5. The van der Waals surface area contributed by atoms with E-state index in [1.807, 2.05) is 30.3 Å². The van der Waals surface area contributed by atoms with E-state index in [9.17, 15) is 9.59 Å². The number of nitrogens with zero attached hydrogens (tertiary/aromatic N) is 1. The van der Waals surface area contributed by atoms with E-state index in [0.717, 1.165) is 5.56 Å². The van der Waals surface area contributed by atoms with E-state index in [1.165, 1.54) is 7.11 Å². The minimum absolute atomic E-state index is 0.0142. The number of nitrogens with one attached hydrogen (secondary N) is 1. The van der Waals surface area contributed by atoms with Crippen molar-refractivity contribution in [3.8, 4) is 0 Å². The molecule has 0 aromatic heterocycles. The Morgan fingerprint density at radius 1 is 1.25 bits per heavy atom. The van der Waals surface area contributed by atoms with Crippen molar-refractivity contribution in [1.82, 2.24) is 10.2 Å². The van der Waals surface area contributed by atoms with Crippen LogP contribution in [0.25, 0.3) is 0 Å². The molecule has 2 amide bonds. The van der Waals surface area contributed by atoms with Gasteiger partial charge in [-0.05, 0) is 18.4 Å². The third-order valence-corrected chi connectivity index (χ3v) is 3.61. The van der Waals surface area contributed by atoms with Gasteiger partial charge in [0.05, 0.1) is 7.11 Å². The van der Waals surface area contributed by atoms with E-state index in [4.69, 9.17) is 0 Å². The summed E-state index contributed by atoms with van der Waals surface area (Å²) in [7, 11) is 1.38. The second-order valence-corrected chi connectivity index (χ2v) is 4.93. The van der Waals surface area contributed by atoms with Gasteiger partial charge in [-0.2, -0.15) is 0 Å². The van der Waals surface area contributed by atoms with Gasteiger partial charge < -0.3 is 15.0 Å². The topological polar surface area (TPSA) is 58.6 Å². The molecule has 0 unspecified atom stereocenters. The summed E-state index contributed by atoms with van der Waals surface area (Å²) in [5.41, 5.74) is 1.09. The maximum Gasteiger partial charge on any atom is 0.409 e. The molecule has 5 heteroatoms. The molecule has 5 nitrogen and oxygen atoms in total. The van der Waals surface area contributed by atoms with Gasteiger partial charge in [0.2, 0.25) is 5.91 Å². The third kappa shape index (κ3) is 3.73. The van der Waals surface area contributed by atoms with Crippen LogP contribution in [0.15, 0.2) is 30.3 Å². The first-order chi connectivity index (χ1) is 9.70. The number of hydrogen-bond donors (Lipinski definition) is 1. The van der Waals surface area contributed by atoms with E-state index >= 15 is 0 Å². The van der Waals surface area contributed by atoms with Gasteiger partial charge in [-0.15, -0.1) is 0 Å². The van der Waals surface area contributed by atoms with Crippen LogP contribution in [-0.4, -0.2) is 37.1 Å². The molecule has 1 aliphatic rings. The van der Waals surface area contributed by atoms with Crippen LogP contribution in [-0.2, 0) is 16.1 Å². The number of likely N-dealkylation sites (tertiary alicyclic amines) is 1. The summed E-state index contributed by atoms with van der Waals surface area (Å²) >= 11 is 0. The maximum atomic E-state index is 12.1. The smallest absolute Gasteiger partial charge is 0.409 e. The zero-order valence-corrected chi connectivity index (χ0v) is 11.7. The number of ether oxygens (including phenoxy) is 1. The van der Waals surface area contributed by atoms with Crippen molar-refractivity contribution >= 4 is 12.0 Å². The first-order valence-electron chi connectivity index (χ1n) is 6.85. The van der Waals surface area contributed by atoms with Crippen molar-refractivity contribution in [3.05, 3.63) is 35.9 Å². The van der Waals surface area contributed by atoms with E-state index < -0.39 is 0 Å². The van der Waals surface area contributed by atoms with Crippen LogP contribution < -0.4 is 5.32 Å². The van der Waals surface area contributed by atoms with Crippen LogP contribution in [0.2, 0.25) is 0 Å². The zero-order valence-electron chi connectivity index (χ0n) is 11.7. The molecule has 0 radical (unpaired) electrons. The SMILES string of the molecule is COC(=O)N1CCC(C(=O)NCc2ccccc2)CC1. The molecule has 0 bridgehead atoms. The molecule has 0 aliphatic carbocycles. The summed E-state index contributed by atoms with van der Waals surface area (Å²) in [6.45, 7) is 1.71. The molecule has 1 aromatic rings. The number of piperidine rings is 1. The minimum atomic E-state index is -0.312. The Hall–Kier alpha value is -2.04. The van der Waals surface area contributed by atoms with Crippen molar-refractivity contribution in [2.24, 2.45) is 5.92 Å². The lowest BCUT2D eigenvalue weighted by Crippen LogP contribution is -2.42. The highest BCUT2D eigenvalue weighted by Crippen LogP contribution is 2.18. The van der Waals surface area contributed by atoms with Gasteiger partial charge in [0.15, 0.2) is 0 Å². The lowest BCUT2D eigenvalue weighted by molar-refractivity contribution is -0.126. The monoisotopic (exact) mass is 276 g/mol. The molecule has 1 fully saturated rings. The lowest BCUT2D eigenvalue weighted by atomic mass is 9.96. The van der Waals surface area contributed by atoms with Crippen LogP contribution in [0.3, 0.4) is 0 Å². The van der Waals surface area contributed by atoms with Crippen LogP contribution >= 0.6 is 0 Å². The fraction of sp³-hybridized carbons (Fsp3) is 0.467. The fourth-order valence-electron chi connectivity index (χ4n) is 2.38. The Labute approximate surface area is 118 Å². The van der Waals surface area contributed by atoms with E-state index in [0.29, 0.717) is 32.5 Å². The molecule has 1 aliphatic heterocycles. The van der Waals surface area contributed by atoms with Crippen LogP contribution in [0.4, 0.5) is 4.79 Å². The molecule has 1 N–H and O–H groups in total. The van der Waals surface area contributed by atoms with Crippen molar-refractivity contribution in [2.75, 3.05) is 20.2 Å². The number of carbonyl (C=O) groups excluding carboxylic acids is 2. The summed E-state index contributed by atoms with van der Waals surface area (Å²) in [5.74, 6) is 0.0537. The van der Waals surface area contributed by atoms with Gasteiger partial charge in [0.25, 0.3) is 0 Å². The maximum absolute atomic E-state index is 12.1. The normalized spacial score (nSPS) is 15.8. The van der Waals surface area contributed by atoms with E-state index in [-0.39, 0.29) is 17.9 Å². The third-order valence-electron chi connectivity index (χ3n) is 3.61. The molecule has 0 atom stereocenters. The predicted octanol–water partition coefficient (Wildman–Crippen LogP) is 1.78. The first kappa shape index (κ1) is 14.4. The Bertz CT molecular complexity index is 453. The lowest BCUT2D eigenvalue weighted by Gasteiger charge is -2.30. The highest BCUT2D eigenvalue weighted by molar-refractivity contribution is 5.79. The number of amides is 2. The van der Waals surface area contributed by atoms with Crippen molar-refractivity contribution in [1.29, 1.82) is 0 Å². The Morgan fingerprint density at radius 3 is 2.50 bits per heavy atom. The van der Waals surface area contributed by atoms with Crippen LogP contribution in [0, 0.1) is 5.92 Å². The van der Waals surface area contributed by atoms with E-state index in [2.05, 4.69) is 10.1 Å². The van der Waals surface area contributed by atoms with Crippen LogP contribution in [0.5, 0.6) is 0 Å². The Morgan fingerprint density at radius 2 is 1.90 bits per heavy atom. The average molecular weight is 276 g/mol. The molecule has 1 saturated heterocycles. The van der Waals surface area contributed by atoms with Gasteiger partial charge in [-0.1, -0.05) is 30.3 Å². The molecule has 0 saturated carbocycles. The van der Waals surface area contributed by atoms with Crippen LogP contribution in [0.1, 0.15) is 18.4 Å². The molecule has 1 aromatic carbocycles. The molecular formula is C15H20N2O3. The summed E-state index contributed by atoms with van der Waals surface area (Å²) in [6.07, 6.45) is 1.07. The van der Waals surface area contributed by atoms with Gasteiger partial charge in [0, 0.05) is 25.6 Å². The average Bonchev–Trinajstić information content (AvgIpc) is 2.53. The van der Waals surface area contributed by atoms with Gasteiger partial charge >= 0.3 is 6.09 Å². The predicted molar refractivity (Wildman–Crippen MR) is 75.0 cm³/mol. The number of rotatable bonds is 3. The van der Waals surface area contributed by atoms with Crippen molar-refractivity contribution < 1.29 is 14.3 Å². The summed E-state index contributed by atoms with van der Waals surface area (Å²) in [4.78, 5) is 25.1. The first-order valence-corrected chi connectivity index (χ1v) is 6.85. The molecular weight excluding hydrogens is 256 g/mol. The molecule has 0 spiro atoms. The standard InChI is InChI=1S/C15H20N2O3/c1-20-15(19)17-9-7-13(8-10-17)14(18)16-11-12-5-3-2-4-6-12/h2-6,13H,7-11H2,1H3,(H,16,18). The quantitative estimate of drug-likeness (QED) is 0.915. The molecule has 2 rings (SSSR count). The summed E-state index contributed by atoms with van der Waals surface area (Å²) in [6, 6.07) is 9.83. The number of carbonyl (C=O) groups is 2. The summed E-state index contributed by atoms with van der Waals surface area (Å²) < 4.78 is 4.68. The molecule has 1 heterocycles. The Balaban J connectivity index is 1.76. The summed E-state index contributed by atoms with van der Waals surface area (Å²) in [5, 5.41) is 2.95. The fourth-order valence-corrected chi connectivity index (χ4v) is 2.38. The second kappa shape index (κ2) is 6.93. The number of methoxy groups -OCH3 is 1. The zero-order chi connectivity index (χ0) is 14.4. The second-order valence-electron chi connectivity index (χ2n) is 4.93. The number of benzene rings is 1. The number of hydrogen-bond acceptors (Lipinski definition) is 3. The van der Waals surface area contributed by atoms with Gasteiger partial charge in [-0.25, -0.2) is 4.79 Å². The Kier molecular flexibility index (Phi) is 4.98. The highest BCUT2D eigenvalue weighted by Gasteiger charge is 2.27. The van der Waals surface area contributed by atoms with Crippen molar-refractivity contribution in [3.63, 3.8) is 0 Å². The van der Waals surface area contributed by atoms with E-state index in [1.54, 1.807) is 4.90 Å². The van der Waals surface area contributed by atoms with Gasteiger partial charge in [-0.3, -0.25) is 4.79 Å². The molecule has 108 valence electrons. The largest absolute Gasteiger partial charge is 0.453 e. The minimum Gasteiger partial charge on any atom is -0.453 e. The van der Waals surface area contributed by atoms with Crippen molar-refractivity contribution in [2.45, 2.75) is 19.4 Å². The molecule has 20 heavy (non-hydrogen) atoms.